The average molecular weight is 370 g/mol. The Kier molecular flexibility index (Phi) is 5.88. The van der Waals surface area contributed by atoms with E-state index in [1.807, 2.05) is 49.5 Å². The molecule has 136 valence electrons. The molecular weight excluding hydrogens is 348 g/mol. The average Bonchev–Trinajstić information content (AvgIpc) is 3.16. The van der Waals surface area contributed by atoms with Gasteiger partial charge in [-0.05, 0) is 36.9 Å². The zero-order valence-corrected chi connectivity index (χ0v) is 15.4. The first-order valence-corrected chi connectivity index (χ1v) is 9.87. The lowest BCUT2D eigenvalue weighted by Crippen LogP contribution is -2.36. The number of hydrogen-bond acceptors (Lipinski definition) is 4. The number of nitrogens with one attached hydrogen (secondary N) is 1. The van der Waals surface area contributed by atoms with Crippen LogP contribution in [0.3, 0.4) is 0 Å². The Labute approximate surface area is 154 Å². The lowest BCUT2D eigenvalue weighted by molar-refractivity contribution is 0.219. The fourth-order valence-electron chi connectivity index (χ4n) is 2.83. The molecule has 1 N–H and O–H groups in total. The summed E-state index contributed by atoms with van der Waals surface area (Å²) in [5.41, 5.74) is 1.04. The Bertz CT molecular complexity index is 895. The highest BCUT2D eigenvalue weighted by Gasteiger charge is 2.21. The third kappa shape index (κ3) is 4.60. The van der Waals surface area contributed by atoms with E-state index >= 15 is 0 Å². The van der Waals surface area contributed by atoms with Crippen LogP contribution in [-0.2, 0) is 16.6 Å². The molecule has 1 unspecified atom stereocenters. The molecule has 3 rings (SSSR count). The second-order valence-electron chi connectivity index (χ2n) is 6.09. The van der Waals surface area contributed by atoms with Gasteiger partial charge in [0.15, 0.2) is 0 Å². The van der Waals surface area contributed by atoms with Gasteiger partial charge in [-0.1, -0.05) is 48.5 Å². The zero-order chi connectivity index (χ0) is 18.4. The summed E-state index contributed by atoms with van der Waals surface area (Å²) >= 11 is 0. The van der Waals surface area contributed by atoms with Crippen molar-refractivity contribution in [2.45, 2.75) is 17.5 Å². The topological polar surface area (TPSA) is 62.6 Å². The van der Waals surface area contributed by atoms with Crippen LogP contribution >= 0.6 is 0 Å². The van der Waals surface area contributed by atoms with Crippen molar-refractivity contribution in [2.24, 2.45) is 0 Å². The fourth-order valence-corrected chi connectivity index (χ4v) is 3.89. The monoisotopic (exact) mass is 370 g/mol. The maximum Gasteiger partial charge on any atom is 0.240 e. The van der Waals surface area contributed by atoms with Gasteiger partial charge in [0.05, 0.1) is 17.7 Å². The SMILES string of the molecule is CN(Cc1ccco1)C(CNS(=O)(=O)c1ccccc1)c1ccccc1. The lowest BCUT2D eigenvalue weighted by Gasteiger charge is -2.28. The number of nitrogens with zero attached hydrogens (tertiary/aromatic N) is 1. The molecule has 2 aromatic carbocycles. The largest absolute Gasteiger partial charge is 0.468 e. The summed E-state index contributed by atoms with van der Waals surface area (Å²) in [6.07, 6.45) is 1.64. The minimum Gasteiger partial charge on any atom is -0.468 e. The van der Waals surface area contributed by atoms with Crippen molar-refractivity contribution in [1.82, 2.24) is 9.62 Å². The van der Waals surface area contributed by atoms with E-state index in [1.165, 1.54) is 0 Å². The van der Waals surface area contributed by atoms with Gasteiger partial charge < -0.3 is 4.42 Å². The Morgan fingerprint density at radius 1 is 0.962 bits per heavy atom. The van der Waals surface area contributed by atoms with Crippen molar-refractivity contribution in [3.05, 3.63) is 90.4 Å². The lowest BCUT2D eigenvalue weighted by atomic mass is 10.1. The maximum absolute atomic E-state index is 12.6. The Morgan fingerprint density at radius 3 is 2.23 bits per heavy atom. The highest BCUT2D eigenvalue weighted by atomic mass is 32.2. The van der Waals surface area contributed by atoms with Gasteiger partial charge in [0.1, 0.15) is 5.76 Å². The minimum atomic E-state index is -3.56. The van der Waals surface area contributed by atoms with E-state index in [0.29, 0.717) is 6.54 Å². The number of likely N-dealkylation sites (N-methyl/N-ethyl adjacent to an activating group) is 1. The minimum absolute atomic E-state index is 0.125. The quantitative estimate of drug-likeness (QED) is 0.660. The van der Waals surface area contributed by atoms with Gasteiger partial charge in [-0.25, -0.2) is 13.1 Å². The predicted octanol–water partition coefficient (Wildman–Crippen LogP) is 3.43. The van der Waals surface area contributed by atoms with Crippen molar-refractivity contribution in [2.75, 3.05) is 13.6 Å². The highest BCUT2D eigenvalue weighted by Crippen LogP contribution is 2.21. The molecule has 6 heteroatoms. The fraction of sp³-hybridized carbons (Fsp3) is 0.200. The van der Waals surface area contributed by atoms with Gasteiger partial charge in [-0.2, -0.15) is 0 Å². The molecule has 0 aliphatic rings. The van der Waals surface area contributed by atoms with E-state index in [9.17, 15) is 8.42 Å². The van der Waals surface area contributed by atoms with E-state index in [4.69, 9.17) is 4.42 Å². The Balaban J connectivity index is 1.78. The standard InChI is InChI=1S/C20H22N2O3S/c1-22(16-18-11-8-14-25-18)20(17-9-4-2-5-10-17)15-21-26(23,24)19-12-6-3-7-13-19/h2-14,20-21H,15-16H2,1H3. The summed E-state index contributed by atoms with van der Waals surface area (Å²) in [5, 5.41) is 0. The molecule has 0 aliphatic carbocycles. The van der Waals surface area contributed by atoms with E-state index in [-0.39, 0.29) is 17.5 Å². The molecule has 0 aliphatic heterocycles. The molecule has 0 fully saturated rings. The first-order chi connectivity index (χ1) is 12.6. The summed E-state index contributed by atoms with van der Waals surface area (Å²) in [5.74, 6) is 0.833. The second kappa shape index (κ2) is 8.31. The number of sulfonamides is 1. The summed E-state index contributed by atoms with van der Waals surface area (Å²) in [6.45, 7) is 0.845. The van der Waals surface area contributed by atoms with Crippen LogP contribution in [0.15, 0.2) is 88.4 Å². The van der Waals surface area contributed by atoms with Gasteiger partial charge in [0, 0.05) is 12.6 Å². The molecule has 0 saturated heterocycles. The van der Waals surface area contributed by atoms with Crippen LogP contribution in [0.25, 0.3) is 0 Å². The van der Waals surface area contributed by atoms with Gasteiger partial charge in [0.25, 0.3) is 0 Å². The molecule has 26 heavy (non-hydrogen) atoms. The van der Waals surface area contributed by atoms with Crippen molar-refractivity contribution in [3.63, 3.8) is 0 Å². The number of benzene rings is 2. The molecule has 0 bridgehead atoms. The molecule has 3 aromatic rings. The number of furan rings is 1. The molecule has 5 nitrogen and oxygen atoms in total. The normalized spacial score (nSPS) is 13.0. The Hall–Kier alpha value is -2.41. The van der Waals surface area contributed by atoms with E-state index in [0.717, 1.165) is 11.3 Å². The maximum atomic E-state index is 12.6. The van der Waals surface area contributed by atoms with Crippen molar-refractivity contribution >= 4 is 10.0 Å². The number of rotatable bonds is 8. The molecule has 1 atom stereocenters. The van der Waals surface area contributed by atoms with E-state index < -0.39 is 10.0 Å². The smallest absolute Gasteiger partial charge is 0.240 e. The van der Waals surface area contributed by atoms with Crippen molar-refractivity contribution < 1.29 is 12.8 Å². The molecule has 0 radical (unpaired) electrons. The van der Waals surface area contributed by atoms with Gasteiger partial charge in [-0.15, -0.1) is 0 Å². The summed E-state index contributed by atoms with van der Waals surface area (Å²) < 4.78 is 33.3. The summed E-state index contributed by atoms with van der Waals surface area (Å²) in [6, 6.07) is 21.9. The molecule has 1 aromatic heterocycles. The highest BCUT2D eigenvalue weighted by molar-refractivity contribution is 7.89. The first kappa shape index (κ1) is 18.4. The van der Waals surface area contributed by atoms with E-state index in [1.54, 1.807) is 36.6 Å². The molecule has 0 amide bonds. The third-order valence-corrected chi connectivity index (χ3v) is 5.66. The van der Waals surface area contributed by atoms with Crippen LogP contribution in [0.4, 0.5) is 0 Å². The molecule has 0 spiro atoms. The van der Waals surface area contributed by atoms with Crippen LogP contribution in [0, 0.1) is 0 Å². The van der Waals surface area contributed by atoms with E-state index in [2.05, 4.69) is 9.62 Å². The van der Waals surface area contributed by atoms with Gasteiger partial charge in [0.2, 0.25) is 10.0 Å². The molecule has 0 saturated carbocycles. The Morgan fingerprint density at radius 2 is 1.62 bits per heavy atom. The van der Waals surface area contributed by atoms with Crippen molar-refractivity contribution in [3.8, 4) is 0 Å². The third-order valence-electron chi connectivity index (χ3n) is 4.22. The van der Waals surface area contributed by atoms with Crippen molar-refractivity contribution in [1.29, 1.82) is 0 Å². The molecule has 1 heterocycles. The van der Waals surface area contributed by atoms with Gasteiger partial charge >= 0.3 is 0 Å². The van der Waals surface area contributed by atoms with Crippen LogP contribution in [0.5, 0.6) is 0 Å². The first-order valence-electron chi connectivity index (χ1n) is 8.38. The van der Waals surface area contributed by atoms with Gasteiger partial charge in [-0.3, -0.25) is 4.90 Å². The van der Waals surface area contributed by atoms with Crippen LogP contribution in [-0.4, -0.2) is 26.9 Å². The van der Waals surface area contributed by atoms with Crippen LogP contribution < -0.4 is 4.72 Å². The molecular formula is C20H22N2O3S. The second-order valence-corrected chi connectivity index (χ2v) is 7.85. The van der Waals surface area contributed by atoms with Crippen LogP contribution in [0.1, 0.15) is 17.4 Å². The zero-order valence-electron chi connectivity index (χ0n) is 14.6. The summed E-state index contributed by atoms with van der Waals surface area (Å²) in [4.78, 5) is 2.34. The summed E-state index contributed by atoms with van der Waals surface area (Å²) in [7, 11) is -1.60. The predicted molar refractivity (Wildman–Crippen MR) is 101 cm³/mol. The van der Waals surface area contributed by atoms with Crippen LogP contribution in [0.2, 0.25) is 0 Å². The number of hydrogen-bond donors (Lipinski definition) is 1.